The molecule has 0 fully saturated rings. The molecule has 8 aromatic heterocycles. The molecule has 18 aromatic rings. The van der Waals surface area contributed by atoms with Crippen LogP contribution in [-0.4, -0.2) is 84.8 Å². The zero-order valence-electron chi connectivity index (χ0n) is 71.5. The Kier molecular flexibility index (Phi) is 24.4. The molecule has 8 amide bonds. The van der Waals surface area contributed by atoms with Crippen molar-refractivity contribution < 1.29 is 28.0 Å². The van der Waals surface area contributed by atoms with Gasteiger partial charge in [-0.25, -0.2) is 47.9 Å². The van der Waals surface area contributed by atoms with Crippen LogP contribution < -0.4 is 42.5 Å². The summed E-state index contributed by atoms with van der Waals surface area (Å²) < 4.78 is 27.0. The number of halogens is 2. The normalized spacial score (nSPS) is 11.5. The van der Waals surface area contributed by atoms with Crippen LogP contribution in [0.4, 0.5) is 73.5 Å². The molecule has 0 bridgehead atoms. The second kappa shape index (κ2) is 36.1. The maximum Gasteiger partial charge on any atom is 0.323 e. The Morgan fingerprint density at radius 2 is 0.563 bits per heavy atom. The lowest BCUT2D eigenvalue weighted by Gasteiger charge is -2.19. The van der Waals surface area contributed by atoms with E-state index in [9.17, 15) is 28.0 Å². The Morgan fingerprint density at radius 1 is 0.262 bits per heavy atom. The Bertz CT molecular complexity index is 6990. The third-order valence-electron chi connectivity index (χ3n) is 20.8. The van der Waals surface area contributed by atoms with Gasteiger partial charge in [0.05, 0.1) is 36.2 Å². The molecule has 632 valence electrons. The number of fused-ring (bicyclic) bond motifs is 6. The SMILES string of the molecule is CC(C)(C)c1cc(-c2ccc(NC(=O)Nc3cc(F)ccc3F)cc2)c2cn[nH]c2n1.CC(C)(C)c1cc(-c2ccc(NC(=O)Nc3ccc4ccccc4c3)cc2)c2cn[nH]c2n1.CC(C)(C)c1cc(-c2ccc(NC(=O)Nc3cccc4ccccc34)cc2)c2cn[nH]c2n1.CC(C)(C)c1cc(-c2ccc(NC(=O)Nc3ccccc3)cc2)c2cn[nH]c2n1. The average molecular weight is 1680 g/mol. The number of aromatic amines is 4. The quantitative estimate of drug-likeness (QED) is 0.0543. The molecule has 0 saturated carbocycles. The van der Waals surface area contributed by atoms with E-state index >= 15 is 0 Å². The van der Waals surface area contributed by atoms with E-state index in [-0.39, 0.29) is 45.4 Å². The minimum absolute atomic E-state index is 0.0783. The van der Waals surface area contributed by atoms with Crippen molar-refractivity contribution in [2.75, 3.05) is 42.5 Å². The van der Waals surface area contributed by atoms with Gasteiger partial charge in [0.15, 0.2) is 22.6 Å². The number of hydrogen-bond acceptors (Lipinski definition) is 12. The molecule has 26 heteroatoms. The van der Waals surface area contributed by atoms with Crippen molar-refractivity contribution in [2.45, 2.75) is 105 Å². The molecule has 0 atom stereocenters. The number of aromatic nitrogens is 12. The van der Waals surface area contributed by atoms with Gasteiger partial charge in [-0.2, -0.15) is 20.4 Å². The van der Waals surface area contributed by atoms with Crippen LogP contribution in [0.1, 0.15) is 106 Å². The summed E-state index contributed by atoms with van der Waals surface area (Å²) in [6, 6.07) is 77.4. The summed E-state index contributed by atoms with van der Waals surface area (Å²) in [7, 11) is 0. The summed E-state index contributed by atoms with van der Waals surface area (Å²) in [5.41, 5.74) is 19.4. The number of nitrogens with one attached hydrogen (secondary N) is 12. The number of carbonyl (C=O) groups is 4. The molecule has 0 spiro atoms. The molecule has 12 N–H and O–H groups in total. The standard InChI is InChI=1S/2C27H25N5O.C23H21F2N5O.C23H23N5O/c1-27(2,3)24-15-21(22-16-28-32-25(22)31-24)18-11-13-19(14-12-18)29-26(33)30-23-10-6-8-17-7-4-5-9-20(17)23;1-27(2,3)24-15-22(23-16-28-32-25(23)31-24)18-9-11-20(12-10-18)29-26(33)30-21-13-8-17-6-4-5-7-19(17)14-21;1-23(2,3)20-11-16(17-12-26-30-21(17)29-20)13-4-7-15(8-5-13)27-22(31)28-19-10-14(24)6-9-18(19)25;1-23(2,3)20-13-18(19-14-24-28-21(19)27-20)15-9-11-17(12-10-15)26-22(29)25-16-7-5-4-6-8-16/h2*4-16H,1-3H3,(H,28,31,32)(H2,29,30,33);4-12H,1-3H3,(H,26,29,30)(H2,27,28,31);4-14H,1-3H3,(H,24,27,28)(H2,25,26,29). The van der Waals surface area contributed by atoms with Crippen LogP contribution in [-0.2, 0) is 21.7 Å². The first-order chi connectivity index (χ1) is 60.3. The summed E-state index contributed by atoms with van der Waals surface area (Å²) in [4.78, 5) is 68.3. The Balaban J connectivity index is 0.000000130. The van der Waals surface area contributed by atoms with Gasteiger partial charge in [0, 0.05) is 112 Å². The number of urea groups is 4. The van der Waals surface area contributed by atoms with Gasteiger partial charge >= 0.3 is 24.1 Å². The number of rotatable bonds is 12. The van der Waals surface area contributed by atoms with Gasteiger partial charge < -0.3 is 42.5 Å². The number of pyridine rings is 4. The largest absolute Gasteiger partial charge is 0.323 e. The van der Waals surface area contributed by atoms with Crippen molar-refractivity contribution >= 4 is 135 Å². The van der Waals surface area contributed by atoms with Gasteiger partial charge in [-0.1, -0.05) is 217 Å². The Morgan fingerprint density at radius 3 is 0.937 bits per heavy atom. The van der Waals surface area contributed by atoms with E-state index in [1.165, 1.54) is 0 Å². The van der Waals surface area contributed by atoms with Crippen LogP contribution in [0.3, 0.4) is 0 Å². The topological polar surface area (TPSA) is 331 Å². The van der Waals surface area contributed by atoms with Crippen LogP contribution in [0.15, 0.2) is 280 Å². The molecule has 24 nitrogen and oxygen atoms in total. The summed E-state index contributed by atoms with van der Waals surface area (Å²) in [5.74, 6) is -1.36. The predicted octanol–water partition coefficient (Wildman–Crippen LogP) is 24.9. The second-order valence-corrected chi connectivity index (χ2v) is 34.5. The average Bonchev–Trinajstić information content (AvgIpc) is 1.53. The highest BCUT2D eigenvalue weighted by atomic mass is 19.1. The molecule has 0 saturated heterocycles. The molecule has 0 aliphatic rings. The van der Waals surface area contributed by atoms with Crippen molar-refractivity contribution in [3.8, 4) is 44.5 Å². The third-order valence-corrected chi connectivity index (χ3v) is 20.8. The van der Waals surface area contributed by atoms with Crippen molar-refractivity contribution in [3.05, 3.63) is 314 Å². The van der Waals surface area contributed by atoms with Crippen LogP contribution in [0.25, 0.3) is 110 Å². The smallest absolute Gasteiger partial charge is 0.308 e. The van der Waals surface area contributed by atoms with E-state index in [0.29, 0.717) is 22.7 Å². The van der Waals surface area contributed by atoms with Crippen molar-refractivity contribution in [2.24, 2.45) is 0 Å². The predicted molar refractivity (Wildman–Crippen MR) is 503 cm³/mol. The second-order valence-electron chi connectivity index (χ2n) is 34.5. The zero-order chi connectivity index (χ0) is 88.6. The van der Waals surface area contributed by atoms with E-state index < -0.39 is 17.7 Å². The molecule has 0 unspecified atom stereocenters. The van der Waals surface area contributed by atoms with E-state index in [0.717, 1.165) is 168 Å². The van der Waals surface area contributed by atoms with Crippen LogP contribution in [0.5, 0.6) is 0 Å². The number of carbonyl (C=O) groups excluding carboxylic acids is 4. The van der Waals surface area contributed by atoms with Crippen LogP contribution in [0.2, 0.25) is 0 Å². The maximum absolute atomic E-state index is 13.7. The summed E-state index contributed by atoms with van der Waals surface area (Å²) in [6.07, 6.45) is 7.13. The van der Waals surface area contributed by atoms with E-state index in [1.807, 2.05) is 206 Å². The number of amides is 8. The van der Waals surface area contributed by atoms with Gasteiger partial charge in [0.2, 0.25) is 0 Å². The summed E-state index contributed by atoms with van der Waals surface area (Å²) in [6.45, 7) is 25.5. The first-order valence-electron chi connectivity index (χ1n) is 40.9. The number of benzene rings is 10. The Labute approximate surface area is 725 Å². The molecular weight excluding hydrogens is 1580 g/mol. The van der Waals surface area contributed by atoms with E-state index in [2.05, 4.69) is 190 Å². The third kappa shape index (κ3) is 20.5. The Hall–Kier alpha value is -15.9. The lowest BCUT2D eigenvalue weighted by molar-refractivity contribution is 0.261. The first kappa shape index (κ1) is 85.1. The maximum atomic E-state index is 13.7. The molecule has 10 aromatic carbocycles. The fourth-order valence-corrected chi connectivity index (χ4v) is 14.0. The fourth-order valence-electron chi connectivity index (χ4n) is 14.0. The first-order valence-corrected chi connectivity index (χ1v) is 40.9. The lowest BCUT2D eigenvalue weighted by atomic mass is 9.89. The van der Waals surface area contributed by atoms with E-state index in [4.69, 9.17) is 15.0 Å². The van der Waals surface area contributed by atoms with Crippen LogP contribution >= 0.6 is 0 Å². The fraction of sp³-hybridized carbons (Fsp3) is 0.160. The number of hydrogen-bond donors (Lipinski definition) is 12. The molecule has 18 rings (SSSR count). The van der Waals surface area contributed by atoms with Crippen LogP contribution in [0, 0.1) is 11.6 Å². The molecule has 8 heterocycles. The molecular formula is C100H94F2N20O4. The highest BCUT2D eigenvalue weighted by Crippen LogP contribution is 2.39. The summed E-state index contributed by atoms with van der Waals surface area (Å²) in [5, 5.41) is 58.9. The minimum Gasteiger partial charge on any atom is -0.308 e. The highest BCUT2D eigenvalue weighted by molar-refractivity contribution is 6.08. The van der Waals surface area contributed by atoms with Gasteiger partial charge in [0.25, 0.3) is 0 Å². The zero-order valence-corrected chi connectivity index (χ0v) is 71.5. The van der Waals surface area contributed by atoms with E-state index in [1.54, 1.807) is 36.9 Å². The monoisotopic (exact) mass is 1680 g/mol. The molecule has 0 radical (unpaired) electrons. The minimum atomic E-state index is -0.719. The number of para-hydroxylation sites is 1. The highest BCUT2D eigenvalue weighted by Gasteiger charge is 2.25. The van der Waals surface area contributed by atoms with Crippen molar-refractivity contribution in [3.63, 3.8) is 0 Å². The van der Waals surface area contributed by atoms with Crippen molar-refractivity contribution in [1.29, 1.82) is 0 Å². The molecule has 126 heavy (non-hydrogen) atoms. The molecule has 0 aliphatic carbocycles. The van der Waals surface area contributed by atoms with Gasteiger partial charge in [-0.05, 0) is 176 Å². The van der Waals surface area contributed by atoms with Gasteiger partial charge in [-0.3, -0.25) is 20.4 Å². The van der Waals surface area contributed by atoms with Gasteiger partial charge in [-0.15, -0.1) is 0 Å². The summed E-state index contributed by atoms with van der Waals surface area (Å²) >= 11 is 0. The van der Waals surface area contributed by atoms with Crippen molar-refractivity contribution in [1.82, 2.24) is 60.7 Å². The van der Waals surface area contributed by atoms with Gasteiger partial charge in [0.1, 0.15) is 11.6 Å². The number of anilines is 8. The number of H-pyrrole nitrogens is 4. The lowest BCUT2D eigenvalue weighted by Crippen LogP contribution is -2.20. The molecule has 0 aliphatic heterocycles. The number of nitrogens with zero attached hydrogens (tertiary/aromatic N) is 8.